The number of aliphatic hydroxyl groups excluding tert-OH is 1. The summed E-state index contributed by atoms with van der Waals surface area (Å²) in [5.41, 5.74) is 7.90. The lowest BCUT2D eigenvalue weighted by Gasteiger charge is -2.35. The van der Waals surface area contributed by atoms with Crippen LogP contribution >= 0.6 is 0 Å². The van der Waals surface area contributed by atoms with E-state index in [0.717, 1.165) is 31.7 Å². The molecule has 3 heteroatoms. The number of β-amino-alcohol motifs (C(OH)–C–C–N with tert-alkyl or cyclic N) is 1. The van der Waals surface area contributed by atoms with Gasteiger partial charge in [-0.3, -0.25) is 4.90 Å². The molecule has 0 amide bonds. The Balaban J connectivity index is 1.83. The summed E-state index contributed by atoms with van der Waals surface area (Å²) in [5.74, 6) is 0. The lowest BCUT2D eigenvalue weighted by atomic mass is 10.1. The van der Waals surface area contributed by atoms with Crippen LogP contribution in [0.1, 0.15) is 5.56 Å². The Kier molecular flexibility index (Phi) is 2.70. The van der Waals surface area contributed by atoms with Gasteiger partial charge in [0, 0.05) is 25.3 Å². The Labute approximate surface area is 84.1 Å². The van der Waals surface area contributed by atoms with Gasteiger partial charge in [0.1, 0.15) is 0 Å². The number of hydrogen-bond donors (Lipinski definition) is 2. The number of likely N-dealkylation sites (tertiary alicyclic amines) is 1. The van der Waals surface area contributed by atoms with Gasteiger partial charge in [-0.25, -0.2) is 0 Å². The summed E-state index contributed by atoms with van der Waals surface area (Å²) < 4.78 is 0. The molecule has 1 fully saturated rings. The minimum absolute atomic E-state index is 0.108. The second kappa shape index (κ2) is 3.98. The number of nitrogens with two attached hydrogens (primary N) is 1. The molecule has 1 aromatic rings. The second-order valence-corrected chi connectivity index (χ2v) is 3.86. The van der Waals surface area contributed by atoms with Gasteiger partial charge in [0.25, 0.3) is 0 Å². The maximum absolute atomic E-state index is 9.10. The molecule has 76 valence electrons. The van der Waals surface area contributed by atoms with Crippen molar-refractivity contribution in [3.05, 3.63) is 29.8 Å². The standard InChI is InChI=1S/C11H16N2O/c12-11-4-2-1-3-9(11)5-6-13-7-10(14)8-13/h1-4,10,14H,5-8,12H2. The van der Waals surface area contributed by atoms with Gasteiger partial charge in [0.05, 0.1) is 6.10 Å². The van der Waals surface area contributed by atoms with Crippen molar-refractivity contribution in [1.29, 1.82) is 0 Å². The van der Waals surface area contributed by atoms with E-state index in [2.05, 4.69) is 11.0 Å². The predicted octanol–water partition coefficient (Wildman–Crippen LogP) is 0.488. The Bertz CT molecular complexity index is 308. The van der Waals surface area contributed by atoms with Gasteiger partial charge < -0.3 is 10.8 Å². The first-order valence-electron chi connectivity index (χ1n) is 4.99. The highest BCUT2D eigenvalue weighted by Crippen LogP contribution is 2.14. The number of hydrogen-bond acceptors (Lipinski definition) is 3. The molecule has 14 heavy (non-hydrogen) atoms. The SMILES string of the molecule is Nc1ccccc1CCN1CC(O)C1. The second-order valence-electron chi connectivity index (χ2n) is 3.86. The van der Waals surface area contributed by atoms with E-state index in [0.29, 0.717) is 0 Å². The van der Waals surface area contributed by atoms with E-state index in [1.165, 1.54) is 5.56 Å². The van der Waals surface area contributed by atoms with Crippen molar-refractivity contribution in [3.63, 3.8) is 0 Å². The smallest absolute Gasteiger partial charge is 0.0793 e. The van der Waals surface area contributed by atoms with Crippen LogP contribution in [0.2, 0.25) is 0 Å². The topological polar surface area (TPSA) is 49.5 Å². The molecule has 0 saturated carbocycles. The summed E-state index contributed by atoms with van der Waals surface area (Å²) in [4.78, 5) is 2.23. The quantitative estimate of drug-likeness (QED) is 0.685. The van der Waals surface area contributed by atoms with Crippen molar-refractivity contribution in [2.24, 2.45) is 0 Å². The fourth-order valence-electron chi connectivity index (χ4n) is 1.77. The molecule has 0 radical (unpaired) electrons. The van der Waals surface area contributed by atoms with E-state index in [-0.39, 0.29) is 6.10 Å². The third-order valence-corrected chi connectivity index (χ3v) is 2.69. The molecule has 0 atom stereocenters. The number of nitrogen functional groups attached to an aromatic ring is 1. The molecule has 2 rings (SSSR count). The van der Waals surface area contributed by atoms with Crippen molar-refractivity contribution in [1.82, 2.24) is 4.90 Å². The number of aliphatic hydroxyl groups is 1. The summed E-state index contributed by atoms with van der Waals surface area (Å²) in [6.07, 6.45) is 0.863. The largest absolute Gasteiger partial charge is 0.399 e. The van der Waals surface area contributed by atoms with Crippen LogP contribution in [0.5, 0.6) is 0 Å². The average Bonchev–Trinajstić information content (AvgIpc) is 2.13. The van der Waals surface area contributed by atoms with Gasteiger partial charge in [0.2, 0.25) is 0 Å². The van der Waals surface area contributed by atoms with Crippen LogP contribution in [0, 0.1) is 0 Å². The number of benzene rings is 1. The van der Waals surface area contributed by atoms with Gasteiger partial charge in [-0.15, -0.1) is 0 Å². The average molecular weight is 192 g/mol. The van der Waals surface area contributed by atoms with Crippen LogP contribution in [-0.2, 0) is 6.42 Å². The molecule has 0 bridgehead atoms. The zero-order valence-corrected chi connectivity index (χ0v) is 8.19. The summed E-state index contributed by atoms with van der Waals surface area (Å²) in [6.45, 7) is 2.62. The zero-order valence-electron chi connectivity index (χ0n) is 8.19. The molecule has 1 aliphatic heterocycles. The van der Waals surface area contributed by atoms with Crippen molar-refractivity contribution in [3.8, 4) is 0 Å². The van der Waals surface area contributed by atoms with Gasteiger partial charge in [-0.05, 0) is 18.1 Å². The highest BCUT2D eigenvalue weighted by atomic mass is 16.3. The minimum atomic E-state index is -0.108. The lowest BCUT2D eigenvalue weighted by molar-refractivity contribution is 0.00313. The van der Waals surface area contributed by atoms with Crippen molar-refractivity contribution in [2.45, 2.75) is 12.5 Å². The number of para-hydroxylation sites is 1. The van der Waals surface area contributed by atoms with Crippen LogP contribution in [0.25, 0.3) is 0 Å². The molecule has 1 aliphatic rings. The molecule has 0 unspecified atom stereocenters. The van der Waals surface area contributed by atoms with Crippen LogP contribution in [0.3, 0.4) is 0 Å². The molecule has 1 aromatic carbocycles. The van der Waals surface area contributed by atoms with Gasteiger partial charge >= 0.3 is 0 Å². The lowest BCUT2D eigenvalue weighted by Crippen LogP contribution is -2.51. The number of rotatable bonds is 3. The van der Waals surface area contributed by atoms with Crippen LogP contribution in [0.15, 0.2) is 24.3 Å². The summed E-state index contributed by atoms with van der Waals surface area (Å²) in [5, 5.41) is 9.10. The van der Waals surface area contributed by atoms with E-state index in [9.17, 15) is 0 Å². The molecule has 0 aliphatic carbocycles. The molecular formula is C11H16N2O. The summed E-state index contributed by atoms with van der Waals surface area (Å²) in [6, 6.07) is 7.95. The third kappa shape index (κ3) is 2.05. The van der Waals surface area contributed by atoms with Crippen molar-refractivity contribution < 1.29 is 5.11 Å². The first kappa shape index (κ1) is 9.49. The molecule has 0 aromatic heterocycles. The van der Waals surface area contributed by atoms with E-state index in [4.69, 9.17) is 10.8 Å². The minimum Gasteiger partial charge on any atom is -0.399 e. The van der Waals surface area contributed by atoms with Crippen molar-refractivity contribution in [2.75, 3.05) is 25.4 Å². The molecule has 1 heterocycles. The molecule has 1 saturated heterocycles. The first-order chi connectivity index (χ1) is 6.75. The highest BCUT2D eigenvalue weighted by Gasteiger charge is 2.23. The maximum atomic E-state index is 9.10. The van der Waals surface area contributed by atoms with E-state index < -0.39 is 0 Å². The monoisotopic (exact) mass is 192 g/mol. The van der Waals surface area contributed by atoms with Crippen molar-refractivity contribution >= 4 is 5.69 Å². The Morgan fingerprint density at radius 3 is 2.71 bits per heavy atom. The summed E-state index contributed by atoms with van der Waals surface area (Å²) >= 11 is 0. The zero-order chi connectivity index (χ0) is 9.97. The molecule has 3 N–H and O–H groups in total. The Morgan fingerprint density at radius 1 is 1.36 bits per heavy atom. The van der Waals surface area contributed by atoms with Crippen LogP contribution in [0.4, 0.5) is 5.69 Å². The Morgan fingerprint density at radius 2 is 2.07 bits per heavy atom. The highest BCUT2D eigenvalue weighted by molar-refractivity contribution is 5.46. The van der Waals surface area contributed by atoms with Crippen LogP contribution < -0.4 is 5.73 Å². The molecular weight excluding hydrogens is 176 g/mol. The fraction of sp³-hybridized carbons (Fsp3) is 0.455. The predicted molar refractivity (Wildman–Crippen MR) is 57.0 cm³/mol. The summed E-state index contributed by atoms with van der Waals surface area (Å²) in [7, 11) is 0. The van der Waals surface area contributed by atoms with E-state index in [1.807, 2.05) is 18.2 Å². The van der Waals surface area contributed by atoms with Crippen LogP contribution in [-0.4, -0.2) is 35.7 Å². The van der Waals surface area contributed by atoms with E-state index in [1.54, 1.807) is 0 Å². The van der Waals surface area contributed by atoms with E-state index >= 15 is 0 Å². The van der Waals surface area contributed by atoms with Gasteiger partial charge in [-0.1, -0.05) is 18.2 Å². The molecule has 0 spiro atoms. The number of anilines is 1. The Hall–Kier alpha value is -1.06. The van der Waals surface area contributed by atoms with Gasteiger partial charge in [0.15, 0.2) is 0 Å². The normalized spacial score (nSPS) is 18.1. The first-order valence-corrected chi connectivity index (χ1v) is 4.99. The number of nitrogens with zero attached hydrogens (tertiary/aromatic N) is 1. The third-order valence-electron chi connectivity index (χ3n) is 2.69. The van der Waals surface area contributed by atoms with Gasteiger partial charge in [-0.2, -0.15) is 0 Å². The fourth-order valence-corrected chi connectivity index (χ4v) is 1.77. The molecule has 3 nitrogen and oxygen atoms in total. The maximum Gasteiger partial charge on any atom is 0.0793 e.